The number of thiazole rings is 1. The third-order valence-corrected chi connectivity index (χ3v) is 4.36. The van der Waals surface area contributed by atoms with E-state index in [4.69, 9.17) is 9.47 Å². The zero-order chi connectivity index (χ0) is 15.9. The summed E-state index contributed by atoms with van der Waals surface area (Å²) in [7, 11) is 3.66. The molecule has 0 radical (unpaired) electrons. The van der Waals surface area contributed by atoms with Crippen molar-refractivity contribution in [2.45, 2.75) is 13.5 Å². The number of likely N-dealkylation sites (N-methyl/N-ethyl adjacent to an activating group) is 1. The maximum atomic E-state index is 11.6. The Labute approximate surface area is 134 Å². The van der Waals surface area contributed by atoms with Crippen molar-refractivity contribution in [1.29, 1.82) is 0 Å². The number of benzene rings is 1. The quantitative estimate of drug-likeness (QED) is 0.747. The molecule has 0 aliphatic carbocycles. The average Bonchev–Trinajstić information content (AvgIpc) is 2.84. The molecule has 0 spiro atoms. The predicted octanol–water partition coefficient (Wildman–Crippen LogP) is 2.24. The molecule has 0 aliphatic rings. The molecule has 1 heterocycles. The molecule has 2 rings (SSSR count). The second-order valence-corrected chi connectivity index (χ2v) is 5.92. The van der Waals surface area contributed by atoms with Crippen LogP contribution in [0.1, 0.15) is 5.69 Å². The van der Waals surface area contributed by atoms with Crippen LogP contribution in [-0.4, -0.2) is 43.3 Å². The molecule has 1 aromatic heterocycles. The minimum Gasteiger partial charge on any atom is -0.493 e. The van der Waals surface area contributed by atoms with Crippen LogP contribution in [0.4, 0.5) is 0 Å². The number of nitrogens with zero attached hydrogens (tertiary/aromatic N) is 2. The third-order valence-electron chi connectivity index (χ3n) is 3.48. The Morgan fingerprint density at radius 2 is 1.95 bits per heavy atom. The highest BCUT2D eigenvalue weighted by molar-refractivity contribution is 7.07. The van der Waals surface area contributed by atoms with Crippen molar-refractivity contribution >= 4 is 11.3 Å². The van der Waals surface area contributed by atoms with Gasteiger partial charge in [0.25, 0.3) is 0 Å². The summed E-state index contributed by atoms with van der Waals surface area (Å²) in [6.45, 7) is 4.85. The molecule has 0 N–H and O–H groups in total. The van der Waals surface area contributed by atoms with Crippen molar-refractivity contribution in [3.63, 3.8) is 0 Å². The molecule has 0 bridgehead atoms. The normalized spacial score (nSPS) is 10.9. The lowest BCUT2D eigenvalue weighted by atomic mass is 10.3. The zero-order valence-electron chi connectivity index (χ0n) is 13.2. The molecular formula is C16H22N2O3S. The van der Waals surface area contributed by atoms with Crippen LogP contribution in [0.2, 0.25) is 0 Å². The van der Waals surface area contributed by atoms with Crippen LogP contribution in [-0.2, 0) is 6.54 Å². The van der Waals surface area contributed by atoms with E-state index in [1.165, 1.54) is 11.3 Å². The van der Waals surface area contributed by atoms with Crippen molar-refractivity contribution in [2.75, 3.05) is 33.9 Å². The Hall–Kier alpha value is -1.79. The lowest BCUT2D eigenvalue weighted by molar-refractivity contribution is 0.225. The average molecular weight is 322 g/mol. The Bertz CT molecular complexity index is 651. The van der Waals surface area contributed by atoms with Gasteiger partial charge in [-0.15, -0.1) is 0 Å². The molecule has 0 saturated heterocycles. The first-order valence-electron chi connectivity index (χ1n) is 7.21. The molecule has 0 fully saturated rings. The zero-order valence-corrected chi connectivity index (χ0v) is 14.1. The fourth-order valence-corrected chi connectivity index (χ4v) is 2.87. The van der Waals surface area contributed by atoms with Crippen molar-refractivity contribution in [3.8, 4) is 11.5 Å². The molecule has 6 heteroatoms. The van der Waals surface area contributed by atoms with Gasteiger partial charge in [-0.1, -0.05) is 23.5 Å². The first-order valence-corrected chi connectivity index (χ1v) is 8.09. The number of aryl methyl sites for hydroxylation is 1. The minimum atomic E-state index is 0.108. The molecular weight excluding hydrogens is 300 g/mol. The van der Waals surface area contributed by atoms with Crippen LogP contribution in [0.15, 0.2) is 34.4 Å². The van der Waals surface area contributed by atoms with E-state index in [0.29, 0.717) is 13.2 Å². The highest BCUT2D eigenvalue weighted by Crippen LogP contribution is 2.25. The molecule has 0 saturated carbocycles. The second kappa shape index (κ2) is 8.00. The number of hydrogen-bond acceptors (Lipinski definition) is 5. The summed E-state index contributed by atoms with van der Waals surface area (Å²) in [4.78, 5) is 13.9. The van der Waals surface area contributed by atoms with Gasteiger partial charge >= 0.3 is 4.87 Å². The fourth-order valence-electron chi connectivity index (χ4n) is 2.11. The third kappa shape index (κ3) is 4.35. The lowest BCUT2D eigenvalue weighted by Crippen LogP contribution is -2.30. The second-order valence-electron chi connectivity index (χ2n) is 5.10. The highest BCUT2D eigenvalue weighted by Gasteiger charge is 2.06. The van der Waals surface area contributed by atoms with Crippen molar-refractivity contribution in [1.82, 2.24) is 9.47 Å². The van der Waals surface area contributed by atoms with Gasteiger partial charge in [0.2, 0.25) is 0 Å². The summed E-state index contributed by atoms with van der Waals surface area (Å²) in [5.41, 5.74) is 1.02. The summed E-state index contributed by atoms with van der Waals surface area (Å²) in [5, 5.41) is 1.90. The topological polar surface area (TPSA) is 43.7 Å². The Morgan fingerprint density at radius 3 is 2.59 bits per heavy atom. The van der Waals surface area contributed by atoms with Crippen LogP contribution in [0.25, 0.3) is 0 Å². The van der Waals surface area contributed by atoms with Crippen LogP contribution in [0.5, 0.6) is 11.5 Å². The van der Waals surface area contributed by atoms with E-state index < -0.39 is 0 Å². The van der Waals surface area contributed by atoms with Gasteiger partial charge in [0, 0.05) is 30.7 Å². The van der Waals surface area contributed by atoms with E-state index in [0.717, 1.165) is 30.3 Å². The molecule has 0 amide bonds. The fraction of sp³-hybridized carbons (Fsp3) is 0.438. The predicted molar refractivity (Wildman–Crippen MR) is 89.3 cm³/mol. The van der Waals surface area contributed by atoms with E-state index in [1.54, 1.807) is 7.11 Å². The van der Waals surface area contributed by atoms with Gasteiger partial charge in [0.1, 0.15) is 6.61 Å². The van der Waals surface area contributed by atoms with E-state index >= 15 is 0 Å². The number of aromatic nitrogens is 1. The van der Waals surface area contributed by atoms with E-state index in [2.05, 4.69) is 4.90 Å². The maximum Gasteiger partial charge on any atom is 0.307 e. The molecule has 0 atom stereocenters. The maximum absolute atomic E-state index is 11.6. The van der Waals surface area contributed by atoms with Gasteiger partial charge in [-0.2, -0.15) is 0 Å². The first kappa shape index (κ1) is 16.6. The van der Waals surface area contributed by atoms with Crippen molar-refractivity contribution in [2.24, 2.45) is 0 Å². The van der Waals surface area contributed by atoms with E-state index in [1.807, 2.05) is 48.2 Å². The highest BCUT2D eigenvalue weighted by atomic mass is 32.1. The Kier molecular flexibility index (Phi) is 6.03. The number of rotatable bonds is 8. The molecule has 0 aliphatic heterocycles. The molecule has 120 valence electrons. The van der Waals surface area contributed by atoms with E-state index in [-0.39, 0.29) is 4.87 Å². The standard InChI is InChI=1S/C16H22N2O3S/c1-13-12-22-16(19)18(13)9-8-17(2)10-11-21-15-7-5-4-6-14(15)20-3/h4-7,12H,8-11H2,1-3H3. The SMILES string of the molecule is COc1ccccc1OCCN(C)CCn1c(C)csc1=O. The molecule has 1 aromatic carbocycles. The first-order chi connectivity index (χ1) is 10.6. The number of methoxy groups -OCH3 is 1. The Morgan fingerprint density at radius 1 is 1.23 bits per heavy atom. The monoisotopic (exact) mass is 322 g/mol. The van der Waals surface area contributed by atoms with Crippen LogP contribution >= 0.6 is 11.3 Å². The van der Waals surface area contributed by atoms with Crippen LogP contribution in [0, 0.1) is 6.92 Å². The van der Waals surface area contributed by atoms with Crippen molar-refractivity contribution in [3.05, 3.63) is 45.0 Å². The number of hydrogen-bond donors (Lipinski definition) is 0. The summed E-state index contributed by atoms with van der Waals surface area (Å²) in [5.74, 6) is 1.49. The molecule has 0 unspecified atom stereocenters. The van der Waals surface area contributed by atoms with Crippen molar-refractivity contribution < 1.29 is 9.47 Å². The van der Waals surface area contributed by atoms with E-state index in [9.17, 15) is 4.79 Å². The van der Waals surface area contributed by atoms with Gasteiger partial charge in [-0.3, -0.25) is 4.79 Å². The summed E-state index contributed by atoms with van der Waals surface area (Å²) >= 11 is 1.25. The van der Waals surface area contributed by atoms with Gasteiger partial charge in [0.15, 0.2) is 11.5 Å². The number of ether oxygens (including phenoxy) is 2. The molecule has 5 nitrogen and oxygen atoms in total. The van der Waals surface area contributed by atoms with Gasteiger partial charge < -0.3 is 18.9 Å². The smallest absolute Gasteiger partial charge is 0.307 e. The summed E-state index contributed by atoms with van der Waals surface area (Å²) in [6, 6.07) is 7.62. The lowest BCUT2D eigenvalue weighted by Gasteiger charge is -2.18. The van der Waals surface area contributed by atoms with Crippen LogP contribution < -0.4 is 14.3 Å². The van der Waals surface area contributed by atoms with Gasteiger partial charge in [-0.25, -0.2) is 0 Å². The summed E-state index contributed by atoms with van der Waals surface area (Å²) < 4.78 is 12.8. The van der Waals surface area contributed by atoms with Gasteiger partial charge in [0.05, 0.1) is 7.11 Å². The van der Waals surface area contributed by atoms with Gasteiger partial charge in [-0.05, 0) is 26.1 Å². The largest absolute Gasteiger partial charge is 0.493 e. The summed E-state index contributed by atoms with van der Waals surface area (Å²) in [6.07, 6.45) is 0. The molecule has 2 aromatic rings. The Balaban J connectivity index is 1.76. The number of para-hydroxylation sites is 2. The molecule has 22 heavy (non-hydrogen) atoms. The van der Waals surface area contributed by atoms with Crippen LogP contribution in [0.3, 0.4) is 0 Å². The minimum absolute atomic E-state index is 0.108.